The van der Waals surface area contributed by atoms with E-state index in [1.807, 2.05) is 43.3 Å². The number of para-hydroxylation sites is 1. The summed E-state index contributed by atoms with van der Waals surface area (Å²) in [5.41, 5.74) is 3.63. The van der Waals surface area contributed by atoms with Gasteiger partial charge >= 0.3 is 0 Å². The molecule has 3 rings (SSSR count). The predicted octanol–water partition coefficient (Wildman–Crippen LogP) is 5.20. The zero-order chi connectivity index (χ0) is 21.9. The number of carbonyl (C=O) groups excluding carboxylic acids is 1. The number of rotatable bonds is 6. The molecule has 6 heteroatoms. The first-order valence-electron chi connectivity index (χ1n) is 9.76. The predicted molar refractivity (Wildman–Crippen MR) is 122 cm³/mol. The molecule has 156 valence electrons. The molecule has 0 saturated carbocycles. The van der Waals surface area contributed by atoms with Gasteiger partial charge in [-0.05, 0) is 54.8 Å². The van der Waals surface area contributed by atoms with Crippen LogP contribution >= 0.6 is 0 Å². The molecule has 0 spiro atoms. The van der Waals surface area contributed by atoms with Crippen molar-refractivity contribution in [3.05, 3.63) is 89.5 Å². The largest absolute Gasteiger partial charge is 0.322 e. The van der Waals surface area contributed by atoms with Gasteiger partial charge in [0.25, 0.3) is 15.9 Å². The van der Waals surface area contributed by atoms with E-state index in [1.54, 1.807) is 24.3 Å². The summed E-state index contributed by atoms with van der Waals surface area (Å²) in [6.07, 6.45) is 0. The van der Waals surface area contributed by atoms with Gasteiger partial charge in [0, 0.05) is 18.3 Å². The molecule has 0 bridgehead atoms. The smallest absolute Gasteiger partial charge is 0.264 e. The first-order chi connectivity index (χ1) is 14.2. The highest BCUT2D eigenvalue weighted by atomic mass is 32.2. The van der Waals surface area contributed by atoms with E-state index >= 15 is 0 Å². The Morgan fingerprint density at radius 1 is 0.933 bits per heavy atom. The number of aryl methyl sites for hydroxylation is 1. The molecule has 0 heterocycles. The molecule has 1 N–H and O–H groups in total. The van der Waals surface area contributed by atoms with Gasteiger partial charge in [-0.1, -0.05) is 55.8 Å². The van der Waals surface area contributed by atoms with Gasteiger partial charge < -0.3 is 5.32 Å². The average molecular weight is 423 g/mol. The fraction of sp³-hybridized carbons (Fsp3) is 0.208. The van der Waals surface area contributed by atoms with Crippen LogP contribution < -0.4 is 9.62 Å². The van der Waals surface area contributed by atoms with E-state index < -0.39 is 10.0 Å². The summed E-state index contributed by atoms with van der Waals surface area (Å²) in [6.45, 7) is 6.05. The van der Waals surface area contributed by atoms with Crippen LogP contribution in [-0.4, -0.2) is 21.4 Å². The van der Waals surface area contributed by atoms with Gasteiger partial charge in [0.05, 0.1) is 10.6 Å². The summed E-state index contributed by atoms with van der Waals surface area (Å²) in [5, 5.41) is 2.91. The van der Waals surface area contributed by atoms with Crippen LogP contribution in [0.4, 0.5) is 11.4 Å². The van der Waals surface area contributed by atoms with Gasteiger partial charge in [-0.25, -0.2) is 8.42 Å². The third-order valence-electron chi connectivity index (χ3n) is 4.98. The third-order valence-corrected chi connectivity index (χ3v) is 6.76. The minimum atomic E-state index is -3.80. The van der Waals surface area contributed by atoms with Crippen LogP contribution in [0.2, 0.25) is 0 Å². The number of hydrogen-bond donors (Lipinski definition) is 1. The fourth-order valence-electron chi connectivity index (χ4n) is 3.16. The van der Waals surface area contributed by atoms with E-state index in [0.29, 0.717) is 5.69 Å². The van der Waals surface area contributed by atoms with Crippen molar-refractivity contribution in [3.8, 4) is 0 Å². The SMILES string of the molecule is Cc1ccc(N(C)S(=O)(=O)c2cccc(C(=O)Nc3ccccc3C(C)C)c2)cc1. The molecule has 0 radical (unpaired) electrons. The lowest BCUT2D eigenvalue weighted by Gasteiger charge is -2.20. The molecule has 30 heavy (non-hydrogen) atoms. The normalized spacial score (nSPS) is 11.4. The van der Waals surface area contributed by atoms with Gasteiger partial charge in [-0.2, -0.15) is 0 Å². The minimum absolute atomic E-state index is 0.0652. The third kappa shape index (κ3) is 4.54. The summed E-state index contributed by atoms with van der Waals surface area (Å²) in [4.78, 5) is 12.9. The Labute approximate surface area is 178 Å². The summed E-state index contributed by atoms with van der Waals surface area (Å²) >= 11 is 0. The topological polar surface area (TPSA) is 66.5 Å². The second-order valence-corrected chi connectivity index (χ2v) is 9.50. The van der Waals surface area contributed by atoms with Crippen molar-refractivity contribution >= 4 is 27.3 Å². The molecule has 3 aromatic rings. The van der Waals surface area contributed by atoms with Crippen molar-refractivity contribution in [2.75, 3.05) is 16.7 Å². The van der Waals surface area contributed by atoms with E-state index in [-0.39, 0.29) is 22.3 Å². The van der Waals surface area contributed by atoms with Crippen molar-refractivity contribution < 1.29 is 13.2 Å². The number of anilines is 2. The highest BCUT2D eigenvalue weighted by molar-refractivity contribution is 7.92. The minimum Gasteiger partial charge on any atom is -0.322 e. The molecule has 0 aliphatic carbocycles. The Morgan fingerprint density at radius 3 is 2.27 bits per heavy atom. The molecule has 0 aromatic heterocycles. The van der Waals surface area contributed by atoms with Crippen molar-refractivity contribution in [1.82, 2.24) is 0 Å². The van der Waals surface area contributed by atoms with Crippen LogP contribution in [0.15, 0.2) is 77.7 Å². The zero-order valence-corrected chi connectivity index (χ0v) is 18.4. The maximum Gasteiger partial charge on any atom is 0.264 e. The quantitative estimate of drug-likeness (QED) is 0.594. The molecule has 3 aromatic carbocycles. The number of benzene rings is 3. The molecule has 0 aliphatic heterocycles. The molecule has 0 unspecified atom stereocenters. The summed E-state index contributed by atoms with van der Waals surface area (Å²) < 4.78 is 27.4. The molecule has 1 amide bonds. The first kappa shape index (κ1) is 21.6. The maximum atomic E-state index is 13.1. The summed E-state index contributed by atoms with van der Waals surface area (Å²) in [7, 11) is -2.30. The first-order valence-corrected chi connectivity index (χ1v) is 11.2. The van der Waals surface area contributed by atoms with Crippen LogP contribution in [0.3, 0.4) is 0 Å². The monoisotopic (exact) mass is 422 g/mol. The zero-order valence-electron chi connectivity index (χ0n) is 17.6. The lowest BCUT2D eigenvalue weighted by Crippen LogP contribution is -2.27. The van der Waals surface area contributed by atoms with Gasteiger partial charge in [-0.3, -0.25) is 9.10 Å². The number of nitrogens with one attached hydrogen (secondary N) is 1. The van der Waals surface area contributed by atoms with E-state index in [0.717, 1.165) is 16.8 Å². The Morgan fingerprint density at radius 2 is 1.60 bits per heavy atom. The summed E-state index contributed by atoms with van der Waals surface area (Å²) in [5.74, 6) is -0.102. The lowest BCUT2D eigenvalue weighted by atomic mass is 10.0. The van der Waals surface area contributed by atoms with Crippen LogP contribution in [0.5, 0.6) is 0 Å². The highest BCUT2D eigenvalue weighted by Crippen LogP contribution is 2.26. The van der Waals surface area contributed by atoms with E-state index in [2.05, 4.69) is 19.2 Å². The highest BCUT2D eigenvalue weighted by Gasteiger charge is 2.22. The molecule has 0 fully saturated rings. The van der Waals surface area contributed by atoms with Crippen molar-refractivity contribution in [2.45, 2.75) is 31.6 Å². The Hall–Kier alpha value is -3.12. The molecule has 5 nitrogen and oxygen atoms in total. The van der Waals surface area contributed by atoms with Crippen LogP contribution in [-0.2, 0) is 10.0 Å². The van der Waals surface area contributed by atoms with Gasteiger partial charge in [0.15, 0.2) is 0 Å². The Kier molecular flexibility index (Phi) is 6.27. The van der Waals surface area contributed by atoms with Crippen molar-refractivity contribution in [1.29, 1.82) is 0 Å². The summed E-state index contributed by atoms with van der Waals surface area (Å²) in [6, 6.07) is 20.9. The number of sulfonamides is 1. The molecular weight excluding hydrogens is 396 g/mol. The van der Waals surface area contributed by atoms with E-state index in [1.165, 1.54) is 23.5 Å². The molecule has 0 aliphatic rings. The van der Waals surface area contributed by atoms with Crippen molar-refractivity contribution in [2.24, 2.45) is 0 Å². The van der Waals surface area contributed by atoms with Crippen LogP contribution in [0.1, 0.15) is 41.3 Å². The number of nitrogens with zero attached hydrogens (tertiary/aromatic N) is 1. The lowest BCUT2D eigenvalue weighted by molar-refractivity contribution is 0.102. The Bertz CT molecular complexity index is 1150. The number of carbonyl (C=O) groups is 1. The number of amides is 1. The van der Waals surface area contributed by atoms with Crippen LogP contribution in [0.25, 0.3) is 0 Å². The molecule has 0 saturated heterocycles. The maximum absolute atomic E-state index is 13.1. The van der Waals surface area contributed by atoms with E-state index in [4.69, 9.17) is 0 Å². The molecular formula is C24H26N2O3S. The van der Waals surface area contributed by atoms with Gasteiger partial charge in [-0.15, -0.1) is 0 Å². The van der Waals surface area contributed by atoms with Crippen LogP contribution in [0, 0.1) is 6.92 Å². The van der Waals surface area contributed by atoms with Crippen molar-refractivity contribution in [3.63, 3.8) is 0 Å². The van der Waals surface area contributed by atoms with Gasteiger partial charge in [0.1, 0.15) is 0 Å². The Balaban J connectivity index is 1.88. The fourth-order valence-corrected chi connectivity index (χ4v) is 4.40. The second kappa shape index (κ2) is 8.71. The molecule has 0 atom stereocenters. The second-order valence-electron chi connectivity index (χ2n) is 7.53. The van der Waals surface area contributed by atoms with Gasteiger partial charge in [0.2, 0.25) is 0 Å². The number of hydrogen-bond acceptors (Lipinski definition) is 3. The average Bonchev–Trinajstić information content (AvgIpc) is 2.74. The standard InChI is InChI=1S/C24H26N2O3S/c1-17(2)22-10-5-6-11-23(22)25-24(27)19-8-7-9-21(16-19)30(28,29)26(4)20-14-12-18(3)13-15-20/h5-17H,1-4H3,(H,25,27). The van der Waals surface area contributed by atoms with E-state index in [9.17, 15) is 13.2 Å².